The minimum absolute atomic E-state index is 0.0936. The van der Waals surface area contributed by atoms with E-state index in [0.29, 0.717) is 16.8 Å². The van der Waals surface area contributed by atoms with Crippen LogP contribution in [0.2, 0.25) is 0 Å². The second-order valence-corrected chi connectivity index (χ2v) is 5.34. The normalized spacial score (nSPS) is 10.7. The number of hydrogen-bond acceptors (Lipinski definition) is 4. The summed E-state index contributed by atoms with van der Waals surface area (Å²) in [6.45, 7) is 3.83. The van der Waals surface area contributed by atoms with Gasteiger partial charge in [0.25, 0.3) is 5.91 Å². The Morgan fingerprint density at radius 1 is 1.20 bits per heavy atom. The van der Waals surface area contributed by atoms with E-state index in [1.807, 2.05) is 25.1 Å². The lowest BCUT2D eigenvalue weighted by atomic mass is 10.1. The van der Waals surface area contributed by atoms with Crippen LogP contribution < -0.4 is 5.32 Å². The van der Waals surface area contributed by atoms with E-state index in [4.69, 9.17) is 10.00 Å². The van der Waals surface area contributed by atoms with Gasteiger partial charge in [-0.3, -0.25) is 4.79 Å². The summed E-state index contributed by atoms with van der Waals surface area (Å²) in [5, 5.41) is 11.9. The molecule has 0 saturated heterocycles. The van der Waals surface area contributed by atoms with Crippen molar-refractivity contribution in [2.75, 3.05) is 11.9 Å². The Morgan fingerprint density at radius 3 is 2.56 bits per heavy atom. The summed E-state index contributed by atoms with van der Waals surface area (Å²) in [6.07, 6.45) is 1.43. The number of nitrogens with one attached hydrogen (secondary N) is 1. The van der Waals surface area contributed by atoms with Crippen LogP contribution in [0, 0.1) is 18.3 Å². The molecule has 0 atom stereocenters. The Balaban J connectivity index is 2.18. The fraction of sp³-hybridized carbons (Fsp3) is 0.150. The molecule has 0 heterocycles. The molecule has 5 nitrogen and oxygen atoms in total. The maximum atomic E-state index is 12.3. The second kappa shape index (κ2) is 8.46. The average Bonchev–Trinajstić information content (AvgIpc) is 2.60. The highest BCUT2D eigenvalue weighted by Crippen LogP contribution is 2.16. The molecule has 0 aliphatic carbocycles. The molecule has 126 valence electrons. The number of rotatable bonds is 5. The van der Waals surface area contributed by atoms with Crippen molar-refractivity contribution < 1.29 is 14.3 Å². The van der Waals surface area contributed by atoms with Crippen molar-refractivity contribution in [1.82, 2.24) is 0 Å². The number of carbonyl (C=O) groups excluding carboxylic acids is 2. The average molecular weight is 334 g/mol. The second-order valence-electron chi connectivity index (χ2n) is 5.34. The van der Waals surface area contributed by atoms with E-state index in [0.717, 1.165) is 5.56 Å². The lowest BCUT2D eigenvalue weighted by Crippen LogP contribution is -2.11. The molecule has 1 N–H and O–H groups in total. The van der Waals surface area contributed by atoms with Crippen LogP contribution in [0.15, 0.2) is 54.1 Å². The van der Waals surface area contributed by atoms with Crippen molar-refractivity contribution >= 4 is 23.6 Å². The molecule has 0 bridgehead atoms. The van der Waals surface area contributed by atoms with Crippen LogP contribution in [-0.4, -0.2) is 18.5 Å². The van der Waals surface area contributed by atoms with E-state index in [-0.39, 0.29) is 18.1 Å². The molecular formula is C20H18N2O3. The van der Waals surface area contributed by atoms with Gasteiger partial charge in [0, 0.05) is 11.3 Å². The summed E-state index contributed by atoms with van der Waals surface area (Å²) in [4.78, 5) is 23.9. The third-order valence-electron chi connectivity index (χ3n) is 3.39. The zero-order valence-corrected chi connectivity index (χ0v) is 14.1. The van der Waals surface area contributed by atoms with Crippen LogP contribution in [0.5, 0.6) is 0 Å². The fourth-order valence-electron chi connectivity index (χ4n) is 2.13. The lowest BCUT2D eigenvalue weighted by molar-refractivity contribution is -0.137. The van der Waals surface area contributed by atoms with Gasteiger partial charge in [-0.05, 0) is 49.8 Å². The Kier molecular flexibility index (Phi) is 6.08. The molecule has 0 fully saturated rings. The minimum atomic E-state index is -0.668. The smallest absolute Gasteiger partial charge is 0.348 e. The molecule has 0 unspecified atom stereocenters. The van der Waals surface area contributed by atoms with E-state index >= 15 is 0 Å². The number of carbonyl (C=O) groups is 2. The first kappa shape index (κ1) is 18.0. The number of benzene rings is 2. The molecule has 0 saturated carbocycles. The molecule has 2 rings (SSSR count). The van der Waals surface area contributed by atoms with Gasteiger partial charge in [-0.2, -0.15) is 5.26 Å². The number of aryl methyl sites for hydroxylation is 1. The minimum Gasteiger partial charge on any atom is -0.462 e. The summed E-state index contributed by atoms with van der Waals surface area (Å²) in [5.41, 5.74) is 2.72. The van der Waals surface area contributed by atoms with Crippen LogP contribution in [-0.2, 0) is 9.53 Å². The lowest BCUT2D eigenvalue weighted by Gasteiger charge is -2.07. The van der Waals surface area contributed by atoms with Gasteiger partial charge in [-0.25, -0.2) is 4.79 Å². The summed E-state index contributed by atoms with van der Waals surface area (Å²) >= 11 is 0. The van der Waals surface area contributed by atoms with Crippen LogP contribution in [0.3, 0.4) is 0 Å². The first-order valence-electron chi connectivity index (χ1n) is 7.80. The summed E-state index contributed by atoms with van der Waals surface area (Å²) < 4.78 is 4.83. The number of hydrogen-bond donors (Lipinski definition) is 1. The number of amides is 1. The summed E-state index contributed by atoms with van der Waals surface area (Å²) in [7, 11) is 0. The predicted octanol–water partition coefficient (Wildman–Crippen LogP) is 3.72. The molecule has 0 aliphatic rings. The third kappa shape index (κ3) is 5.05. The molecule has 2 aromatic rings. The molecule has 2 aromatic carbocycles. The van der Waals surface area contributed by atoms with Crippen LogP contribution in [0.25, 0.3) is 6.08 Å². The fourth-order valence-corrected chi connectivity index (χ4v) is 2.13. The number of nitriles is 1. The number of esters is 1. The van der Waals surface area contributed by atoms with E-state index in [9.17, 15) is 9.59 Å². The van der Waals surface area contributed by atoms with Crippen LogP contribution in [0.1, 0.15) is 28.4 Å². The van der Waals surface area contributed by atoms with Gasteiger partial charge in [-0.1, -0.05) is 29.8 Å². The van der Waals surface area contributed by atoms with E-state index < -0.39 is 5.97 Å². The molecule has 5 heteroatoms. The van der Waals surface area contributed by atoms with Crippen molar-refractivity contribution in [1.29, 1.82) is 5.26 Å². The highest BCUT2D eigenvalue weighted by atomic mass is 16.5. The quantitative estimate of drug-likeness (QED) is 0.513. The SMILES string of the molecule is CCOC(=O)/C(C#N)=C/c1cccc(NC(=O)c2ccc(C)cc2)c1. The molecule has 0 spiro atoms. The van der Waals surface area contributed by atoms with E-state index in [1.54, 1.807) is 43.3 Å². The highest BCUT2D eigenvalue weighted by molar-refractivity contribution is 6.04. The topological polar surface area (TPSA) is 79.2 Å². The standard InChI is InChI=1S/C20H18N2O3/c1-3-25-20(24)17(13-21)11-15-5-4-6-18(12-15)22-19(23)16-9-7-14(2)8-10-16/h4-12H,3H2,1-2H3,(H,22,23)/b17-11+. The van der Waals surface area contributed by atoms with Gasteiger partial charge >= 0.3 is 5.97 Å². The van der Waals surface area contributed by atoms with E-state index in [2.05, 4.69) is 5.32 Å². The first-order valence-corrected chi connectivity index (χ1v) is 7.80. The van der Waals surface area contributed by atoms with Gasteiger partial charge in [0.2, 0.25) is 0 Å². The van der Waals surface area contributed by atoms with Gasteiger partial charge in [0.15, 0.2) is 0 Å². The Labute approximate surface area is 146 Å². The van der Waals surface area contributed by atoms with Gasteiger partial charge < -0.3 is 10.1 Å². The molecule has 1 amide bonds. The zero-order valence-electron chi connectivity index (χ0n) is 14.1. The van der Waals surface area contributed by atoms with Crippen molar-refractivity contribution in [2.24, 2.45) is 0 Å². The van der Waals surface area contributed by atoms with Gasteiger partial charge in [0.1, 0.15) is 11.6 Å². The van der Waals surface area contributed by atoms with Gasteiger partial charge in [0.05, 0.1) is 6.61 Å². The van der Waals surface area contributed by atoms with E-state index in [1.165, 1.54) is 6.08 Å². The molecule has 0 aromatic heterocycles. The summed E-state index contributed by atoms with van der Waals surface area (Å²) in [6, 6.07) is 16.0. The van der Waals surface area contributed by atoms with Crippen LogP contribution in [0.4, 0.5) is 5.69 Å². The number of anilines is 1. The maximum absolute atomic E-state index is 12.3. The maximum Gasteiger partial charge on any atom is 0.348 e. The zero-order chi connectivity index (χ0) is 18.2. The highest BCUT2D eigenvalue weighted by Gasteiger charge is 2.10. The molecule has 0 radical (unpaired) electrons. The number of ether oxygens (including phenoxy) is 1. The van der Waals surface area contributed by atoms with Crippen molar-refractivity contribution in [3.05, 3.63) is 70.8 Å². The molecule has 0 aliphatic heterocycles. The number of nitrogens with zero attached hydrogens (tertiary/aromatic N) is 1. The summed E-state index contributed by atoms with van der Waals surface area (Å²) in [5.74, 6) is -0.897. The van der Waals surface area contributed by atoms with Crippen molar-refractivity contribution in [2.45, 2.75) is 13.8 Å². The first-order chi connectivity index (χ1) is 12.0. The molecule has 25 heavy (non-hydrogen) atoms. The van der Waals surface area contributed by atoms with Crippen molar-refractivity contribution in [3.8, 4) is 6.07 Å². The Morgan fingerprint density at radius 2 is 1.92 bits per heavy atom. The monoisotopic (exact) mass is 334 g/mol. The third-order valence-corrected chi connectivity index (χ3v) is 3.39. The Bertz CT molecular complexity index is 846. The van der Waals surface area contributed by atoms with Crippen molar-refractivity contribution in [3.63, 3.8) is 0 Å². The molecular weight excluding hydrogens is 316 g/mol. The Hall–Kier alpha value is -3.39. The van der Waals surface area contributed by atoms with Gasteiger partial charge in [-0.15, -0.1) is 0 Å². The van der Waals surface area contributed by atoms with Crippen LogP contribution >= 0.6 is 0 Å². The predicted molar refractivity (Wildman–Crippen MR) is 95.8 cm³/mol. The largest absolute Gasteiger partial charge is 0.462 e.